The van der Waals surface area contributed by atoms with E-state index in [2.05, 4.69) is 10.2 Å². The molecule has 4 aliphatic rings. The predicted molar refractivity (Wildman–Crippen MR) is 74.7 cm³/mol. The first kappa shape index (κ1) is 12.2. The van der Waals surface area contributed by atoms with Gasteiger partial charge in [-0.15, -0.1) is 0 Å². The molecule has 0 aromatic rings. The molecule has 1 spiro atoms. The van der Waals surface area contributed by atoms with Crippen LogP contribution < -0.4 is 5.32 Å². The van der Waals surface area contributed by atoms with Gasteiger partial charge >= 0.3 is 0 Å². The monoisotopic (exact) mass is 262 g/mol. The topological polar surface area (TPSA) is 32.3 Å². The fourth-order valence-corrected chi connectivity index (χ4v) is 5.17. The summed E-state index contributed by atoms with van der Waals surface area (Å²) >= 11 is 0. The van der Waals surface area contributed by atoms with Gasteiger partial charge in [-0.3, -0.25) is 4.79 Å². The number of likely N-dealkylation sites (tertiary alicyclic amines) is 1. The van der Waals surface area contributed by atoms with Gasteiger partial charge in [-0.2, -0.15) is 0 Å². The second kappa shape index (κ2) is 4.47. The quantitative estimate of drug-likeness (QED) is 0.784. The van der Waals surface area contributed by atoms with E-state index in [0.717, 1.165) is 31.5 Å². The van der Waals surface area contributed by atoms with Gasteiger partial charge in [-0.25, -0.2) is 0 Å². The molecular formula is C16H26N2O. The maximum Gasteiger partial charge on any atom is 0.226 e. The molecule has 2 aliphatic carbocycles. The molecule has 4 rings (SSSR count). The summed E-state index contributed by atoms with van der Waals surface area (Å²) in [6.45, 7) is 4.36. The molecule has 1 N–H and O–H groups in total. The Kier molecular flexibility index (Phi) is 2.87. The molecule has 3 atom stereocenters. The van der Waals surface area contributed by atoms with Gasteiger partial charge in [-0.1, -0.05) is 6.42 Å². The van der Waals surface area contributed by atoms with Gasteiger partial charge in [0.15, 0.2) is 0 Å². The average molecular weight is 262 g/mol. The van der Waals surface area contributed by atoms with Crippen LogP contribution in [-0.4, -0.2) is 37.0 Å². The van der Waals surface area contributed by atoms with Crippen molar-refractivity contribution in [2.24, 2.45) is 23.2 Å². The molecule has 2 heterocycles. The van der Waals surface area contributed by atoms with Gasteiger partial charge in [0, 0.05) is 31.0 Å². The third kappa shape index (κ3) is 2.01. The van der Waals surface area contributed by atoms with E-state index in [4.69, 9.17) is 0 Å². The van der Waals surface area contributed by atoms with Gasteiger partial charge in [-0.05, 0) is 56.9 Å². The number of amides is 1. The molecule has 0 radical (unpaired) electrons. The maximum atomic E-state index is 12.7. The smallest absolute Gasteiger partial charge is 0.226 e. The summed E-state index contributed by atoms with van der Waals surface area (Å²) in [5.74, 6) is 2.49. The highest BCUT2D eigenvalue weighted by atomic mass is 16.2. The Balaban J connectivity index is 1.42. The number of rotatable bonds is 1. The van der Waals surface area contributed by atoms with Gasteiger partial charge in [0.25, 0.3) is 0 Å². The van der Waals surface area contributed by atoms with E-state index in [9.17, 15) is 4.79 Å². The van der Waals surface area contributed by atoms with E-state index in [1.165, 1.54) is 51.5 Å². The van der Waals surface area contributed by atoms with Crippen LogP contribution in [0.4, 0.5) is 0 Å². The number of hydrogen-bond donors (Lipinski definition) is 1. The summed E-state index contributed by atoms with van der Waals surface area (Å²) in [6.07, 6.45) is 9.16. The van der Waals surface area contributed by atoms with Crippen LogP contribution in [0, 0.1) is 23.2 Å². The van der Waals surface area contributed by atoms with Crippen LogP contribution in [0.5, 0.6) is 0 Å². The normalized spacial score (nSPS) is 45.3. The average Bonchev–Trinajstić information content (AvgIpc) is 2.91. The molecule has 3 nitrogen and oxygen atoms in total. The minimum Gasteiger partial charge on any atom is -0.342 e. The Labute approximate surface area is 116 Å². The molecule has 2 saturated carbocycles. The molecular weight excluding hydrogens is 236 g/mol. The zero-order valence-electron chi connectivity index (χ0n) is 11.9. The largest absolute Gasteiger partial charge is 0.342 e. The molecule has 0 bridgehead atoms. The van der Waals surface area contributed by atoms with Gasteiger partial charge < -0.3 is 10.2 Å². The number of hydrogen-bond acceptors (Lipinski definition) is 2. The van der Waals surface area contributed by atoms with Crippen molar-refractivity contribution in [3.05, 3.63) is 0 Å². The summed E-state index contributed by atoms with van der Waals surface area (Å²) in [5, 5.41) is 3.55. The molecule has 0 aromatic carbocycles. The van der Waals surface area contributed by atoms with Crippen molar-refractivity contribution >= 4 is 5.91 Å². The molecule has 3 unspecified atom stereocenters. The van der Waals surface area contributed by atoms with E-state index in [1.54, 1.807) is 0 Å². The van der Waals surface area contributed by atoms with E-state index >= 15 is 0 Å². The molecule has 4 fully saturated rings. The van der Waals surface area contributed by atoms with Gasteiger partial charge in [0.1, 0.15) is 0 Å². The number of carbonyl (C=O) groups excluding carboxylic acids is 1. The van der Waals surface area contributed by atoms with Gasteiger partial charge in [0.2, 0.25) is 5.91 Å². The second-order valence-corrected chi connectivity index (χ2v) is 7.43. The van der Waals surface area contributed by atoms with E-state index < -0.39 is 0 Å². The summed E-state index contributed by atoms with van der Waals surface area (Å²) in [5.41, 5.74) is 0.413. The van der Waals surface area contributed by atoms with E-state index in [-0.39, 0.29) is 0 Å². The molecule has 19 heavy (non-hydrogen) atoms. The van der Waals surface area contributed by atoms with Crippen LogP contribution in [0.1, 0.15) is 44.9 Å². The van der Waals surface area contributed by atoms with Crippen LogP contribution in [0.25, 0.3) is 0 Å². The minimum absolute atomic E-state index is 0.413. The van der Waals surface area contributed by atoms with Gasteiger partial charge in [0.05, 0.1) is 0 Å². The number of piperidine rings is 2. The SMILES string of the molecule is O=C(C1C2CCCC21)N1CCCC2(CCCNC2)C1. The first-order valence-electron chi connectivity index (χ1n) is 8.29. The number of nitrogens with zero attached hydrogens (tertiary/aromatic N) is 1. The fourth-order valence-electron chi connectivity index (χ4n) is 5.17. The Bertz CT molecular complexity index is 359. The Hall–Kier alpha value is -0.570. The second-order valence-electron chi connectivity index (χ2n) is 7.43. The first-order valence-corrected chi connectivity index (χ1v) is 8.29. The van der Waals surface area contributed by atoms with Crippen molar-refractivity contribution in [1.82, 2.24) is 10.2 Å². The zero-order valence-corrected chi connectivity index (χ0v) is 11.9. The highest BCUT2D eigenvalue weighted by Gasteiger charge is 2.58. The lowest BCUT2D eigenvalue weighted by atomic mass is 9.74. The Morgan fingerprint density at radius 1 is 1.11 bits per heavy atom. The molecule has 2 aliphatic heterocycles. The minimum atomic E-state index is 0.413. The highest BCUT2D eigenvalue weighted by Crippen LogP contribution is 2.58. The highest BCUT2D eigenvalue weighted by molar-refractivity contribution is 5.82. The van der Waals surface area contributed by atoms with Crippen molar-refractivity contribution in [2.75, 3.05) is 26.2 Å². The summed E-state index contributed by atoms with van der Waals surface area (Å²) in [6, 6.07) is 0. The molecule has 106 valence electrons. The van der Waals surface area contributed by atoms with Crippen LogP contribution in [-0.2, 0) is 4.79 Å². The molecule has 2 saturated heterocycles. The van der Waals surface area contributed by atoms with E-state index in [1.807, 2.05) is 0 Å². The molecule has 1 amide bonds. The zero-order chi connectivity index (χ0) is 12.9. The standard InChI is InChI=1S/C16H26N2O/c19-15(14-12-4-1-5-13(12)14)18-9-3-7-16(11-18)6-2-8-17-10-16/h12-14,17H,1-11H2. The molecule has 0 aromatic heterocycles. The predicted octanol–water partition coefficient (Wildman–Crippen LogP) is 2.02. The van der Waals surface area contributed by atoms with Crippen LogP contribution in [0.3, 0.4) is 0 Å². The van der Waals surface area contributed by atoms with Crippen molar-refractivity contribution < 1.29 is 4.79 Å². The number of carbonyl (C=O) groups is 1. The van der Waals surface area contributed by atoms with Crippen molar-refractivity contribution in [3.63, 3.8) is 0 Å². The Morgan fingerprint density at radius 3 is 2.63 bits per heavy atom. The Morgan fingerprint density at radius 2 is 1.89 bits per heavy atom. The maximum absolute atomic E-state index is 12.7. The third-order valence-electron chi connectivity index (χ3n) is 6.23. The summed E-state index contributed by atoms with van der Waals surface area (Å²) < 4.78 is 0. The lowest BCUT2D eigenvalue weighted by Gasteiger charge is -2.45. The van der Waals surface area contributed by atoms with Crippen LogP contribution >= 0.6 is 0 Å². The van der Waals surface area contributed by atoms with Crippen molar-refractivity contribution in [3.8, 4) is 0 Å². The molecule has 3 heteroatoms. The fraction of sp³-hybridized carbons (Fsp3) is 0.938. The van der Waals surface area contributed by atoms with E-state index in [0.29, 0.717) is 17.2 Å². The van der Waals surface area contributed by atoms with Crippen molar-refractivity contribution in [2.45, 2.75) is 44.9 Å². The number of nitrogens with one attached hydrogen (secondary N) is 1. The van der Waals surface area contributed by atoms with Crippen molar-refractivity contribution in [1.29, 1.82) is 0 Å². The lowest BCUT2D eigenvalue weighted by Crippen LogP contribution is -2.53. The third-order valence-corrected chi connectivity index (χ3v) is 6.23. The summed E-state index contributed by atoms with van der Waals surface area (Å²) in [7, 11) is 0. The van der Waals surface area contributed by atoms with Crippen LogP contribution in [0.2, 0.25) is 0 Å². The first-order chi connectivity index (χ1) is 9.29. The van der Waals surface area contributed by atoms with Crippen LogP contribution in [0.15, 0.2) is 0 Å². The number of fused-ring (bicyclic) bond motifs is 1. The summed E-state index contributed by atoms with van der Waals surface area (Å²) in [4.78, 5) is 14.9. The lowest BCUT2D eigenvalue weighted by molar-refractivity contribution is -0.137.